The van der Waals surface area contributed by atoms with E-state index in [2.05, 4.69) is 9.78 Å². The van der Waals surface area contributed by atoms with Crippen molar-refractivity contribution in [2.75, 3.05) is 7.11 Å². The number of hydrogen-bond acceptors (Lipinski definition) is 4. The SMILES string of the molecule is COOC(=CC(=O)O)C(=O)O. The summed E-state index contributed by atoms with van der Waals surface area (Å²) in [5.41, 5.74) is 0. The smallest absolute Gasteiger partial charge is 0.375 e. The molecule has 0 heterocycles. The Labute approximate surface area is 61.6 Å². The summed E-state index contributed by atoms with van der Waals surface area (Å²) in [6.07, 6.45) is 0.381. The molecule has 0 aliphatic heterocycles. The Morgan fingerprint density at radius 3 is 2.18 bits per heavy atom. The molecule has 0 fully saturated rings. The van der Waals surface area contributed by atoms with Gasteiger partial charge in [0.25, 0.3) is 5.76 Å². The predicted octanol–water partition coefficient (Wildman–Crippen LogP) is -0.382. The van der Waals surface area contributed by atoms with E-state index in [-0.39, 0.29) is 0 Å². The number of hydrogen-bond donors (Lipinski definition) is 2. The molecule has 0 unspecified atom stereocenters. The highest BCUT2D eigenvalue weighted by Crippen LogP contribution is 1.96. The Bertz CT molecular complexity index is 193. The lowest BCUT2D eigenvalue weighted by molar-refractivity contribution is -0.240. The largest absolute Gasteiger partial charge is 0.478 e. The second kappa shape index (κ2) is 4.29. The minimum absolute atomic E-state index is 0.381. The lowest BCUT2D eigenvalue weighted by atomic mass is 10.4. The summed E-state index contributed by atoms with van der Waals surface area (Å²) in [5, 5.41) is 16.3. The first-order valence-corrected chi connectivity index (χ1v) is 2.46. The maximum Gasteiger partial charge on any atom is 0.375 e. The average Bonchev–Trinajstić information content (AvgIpc) is 1.86. The Morgan fingerprint density at radius 2 is 1.91 bits per heavy atom. The van der Waals surface area contributed by atoms with Crippen LogP contribution in [0.1, 0.15) is 0 Å². The molecule has 0 saturated carbocycles. The van der Waals surface area contributed by atoms with Gasteiger partial charge in [0.15, 0.2) is 0 Å². The molecule has 2 N–H and O–H groups in total. The molecule has 6 heteroatoms. The lowest BCUT2D eigenvalue weighted by Crippen LogP contribution is -2.07. The van der Waals surface area contributed by atoms with Crippen molar-refractivity contribution in [3.8, 4) is 0 Å². The Hall–Kier alpha value is -1.56. The molecule has 0 aromatic rings. The highest BCUT2D eigenvalue weighted by Gasteiger charge is 2.11. The molecule has 0 aromatic heterocycles. The fraction of sp³-hybridized carbons (Fsp3) is 0.200. The van der Waals surface area contributed by atoms with E-state index in [1.165, 1.54) is 0 Å². The minimum Gasteiger partial charge on any atom is -0.478 e. The molecular formula is C5H6O6. The molecule has 0 bridgehead atoms. The van der Waals surface area contributed by atoms with Gasteiger partial charge in [0.1, 0.15) is 0 Å². The van der Waals surface area contributed by atoms with Crippen molar-refractivity contribution in [3.63, 3.8) is 0 Å². The van der Waals surface area contributed by atoms with Crippen LogP contribution in [-0.2, 0) is 19.4 Å². The van der Waals surface area contributed by atoms with Crippen molar-refractivity contribution in [1.82, 2.24) is 0 Å². The van der Waals surface area contributed by atoms with Crippen LogP contribution in [0.15, 0.2) is 11.8 Å². The summed E-state index contributed by atoms with van der Waals surface area (Å²) in [6.45, 7) is 0. The van der Waals surface area contributed by atoms with Gasteiger partial charge in [-0.2, -0.15) is 4.89 Å². The van der Waals surface area contributed by atoms with Crippen molar-refractivity contribution in [2.24, 2.45) is 0 Å². The van der Waals surface area contributed by atoms with E-state index in [0.717, 1.165) is 7.11 Å². The van der Waals surface area contributed by atoms with E-state index < -0.39 is 17.7 Å². The first-order chi connectivity index (χ1) is 5.07. The van der Waals surface area contributed by atoms with Gasteiger partial charge >= 0.3 is 11.9 Å². The predicted molar refractivity (Wildman–Crippen MR) is 31.4 cm³/mol. The van der Waals surface area contributed by atoms with Crippen LogP contribution in [0.4, 0.5) is 0 Å². The molecule has 62 valence electrons. The molecule has 6 nitrogen and oxygen atoms in total. The molecule has 0 aliphatic rings. The molecule has 0 radical (unpaired) electrons. The van der Waals surface area contributed by atoms with Crippen LogP contribution < -0.4 is 0 Å². The summed E-state index contributed by atoms with van der Waals surface area (Å²) in [4.78, 5) is 28.0. The van der Waals surface area contributed by atoms with Crippen molar-refractivity contribution in [1.29, 1.82) is 0 Å². The Kier molecular flexibility index (Phi) is 3.68. The van der Waals surface area contributed by atoms with Crippen LogP contribution >= 0.6 is 0 Å². The maximum atomic E-state index is 10.1. The topological polar surface area (TPSA) is 93.1 Å². The summed E-state index contributed by atoms with van der Waals surface area (Å²) < 4.78 is 0. The highest BCUT2D eigenvalue weighted by atomic mass is 17.2. The van der Waals surface area contributed by atoms with E-state index in [1.54, 1.807) is 0 Å². The number of carboxylic acid groups (broad SMARTS) is 2. The van der Waals surface area contributed by atoms with Gasteiger partial charge in [-0.1, -0.05) is 0 Å². The van der Waals surface area contributed by atoms with Crippen molar-refractivity contribution >= 4 is 11.9 Å². The normalized spacial score (nSPS) is 10.8. The van der Waals surface area contributed by atoms with Crippen molar-refractivity contribution in [3.05, 3.63) is 11.8 Å². The van der Waals surface area contributed by atoms with Crippen LogP contribution in [-0.4, -0.2) is 29.3 Å². The first kappa shape index (κ1) is 9.44. The van der Waals surface area contributed by atoms with Crippen molar-refractivity contribution in [2.45, 2.75) is 0 Å². The van der Waals surface area contributed by atoms with Crippen LogP contribution in [0.25, 0.3) is 0 Å². The molecule has 0 saturated heterocycles. The fourth-order valence-corrected chi connectivity index (χ4v) is 0.323. The summed E-state index contributed by atoms with van der Waals surface area (Å²) in [5.74, 6) is -3.70. The van der Waals surface area contributed by atoms with Gasteiger partial charge in [0.05, 0.1) is 13.2 Å². The summed E-state index contributed by atoms with van der Waals surface area (Å²) in [7, 11) is 1.07. The summed E-state index contributed by atoms with van der Waals surface area (Å²) >= 11 is 0. The monoisotopic (exact) mass is 162 g/mol. The Morgan fingerprint density at radius 1 is 1.36 bits per heavy atom. The van der Waals surface area contributed by atoms with E-state index in [9.17, 15) is 9.59 Å². The molecular weight excluding hydrogens is 156 g/mol. The quantitative estimate of drug-likeness (QED) is 0.253. The van der Waals surface area contributed by atoms with Crippen LogP contribution in [0.3, 0.4) is 0 Å². The molecule has 0 amide bonds. The van der Waals surface area contributed by atoms with Gasteiger partial charge < -0.3 is 15.1 Å². The number of carboxylic acids is 2. The maximum absolute atomic E-state index is 10.1. The minimum atomic E-state index is -1.51. The zero-order chi connectivity index (χ0) is 8.85. The zero-order valence-electron chi connectivity index (χ0n) is 5.60. The highest BCUT2D eigenvalue weighted by molar-refractivity contribution is 5.92. The zero-order valence-corrected chi connectivity index (χ0v) is 5.60. The fourth-order valence-electron chi connectivity index (χ4n) is 0.323. The second-order valence-corrected chi connectivity index (χ2v) is 1.40. The van der Waals surface area contributed by atoms with Crippen LogP contribution in [0.5, 0.6) is 0 Å². The van der Waals surface area contributed by atoms with Crippen LogP contribution in [0.2, 0.25) is 0 Å². The van der Waals surface area contributed by atoms with Crippen molar-refractivity contribution < 1.29 is 29.6 Å². The number of carbonyl (C=O) groups is 2. The average molecular weight is 162 g/mol. The first-order valence-electron chi connectivity index (χ1n) is 2.46. The van der Waals surface area contributed by atoms with Gasteiger partial charge in [-0.25, -0.2) is 9.59 Å². The van der Waals surface area contributed by atoms with Gasteiger partial charge in [0, 0.05) is 0 Å². The van der Waals surface area contributed by atoms with E-state index >= 15 is 0 Å². The standard InChI is InChI=1S/C5H6O6/c1-10-11-3(5(8)9)2-4(6)7/h2H,1H3,(H,6,7)(H,8,9). The van der Waals surface area contributed by atoms with E-state index in [4.69, 9.17) is 10.2 Å². The van der Waals surface area contributed by atoms with Gasteiger partial charge in [0.2, 0.25) is 0 Å². The summed E-state index contributed by atoms with van der Waals surface area (Å²) in [6, 6.07) is 0. The van der Waals surface area contributed by atoms with Gasteiger partial charge in [-0.05, 0) is 0 Å². The molecule has 0 aromatic carbocycles. The molecule has 11 heavy (non-hydrogen) atoms. The third kappa shape index (κ3) is 3.93. The second-order valence-electron chi connectivity index (χ2n) is 1.40. The Balaban J connectivity index is 4.32. The lowest BCUT2D eigenvalue weighted by Gasteiger charge is -1.98. The molecule has 0 rings (SSSR count). The molecule has 0 aliphatic carbocycles. The number of rotatable bonds is 4. The number of aliphatic carboxylic acids is 2. The van der Waals surface area contributed by atoms with E-state index in [1.807, 2.05) is 0 Å². The van der Waals surface area contributed by atoms with E-state index in [0.29, 0.717) is 6.08 Å². The molecule has 0 atom stereocenters. The van der Waals surface area contributed by atoms with Gasteiger partial charge in [-0.15, -0.1) is 0 Å². The molecule has 0 spiro atoms. The third-order valence-electron chi connectivity index (χ3n) is 0.638. The van der Waals surface area contributed by atoms with Crippen LogP contribution in [0, 0.1) is 0 Å². The van der Waals surface area contributed by atoms with Gasteiger partial charge in [-0.3, -0.25) is 0 Å². The third-order valence-corrected chi connectivity index (χ3v) is 0.638.